The largest absolute Gasteiger partial charge is 0.494 e. The zero-order valence-corrected chi connectivity index (χ0v) is 14.7. The van der Waals surface area contributed by atoms with Gasteiger partial charge in [0.05, 0.1) is 13.2 Å². The van der Waals surface area contributed by atoms with Crippen molar-refractivity contribution in [1.29, 1.82) is 0 Å². The standard InChI is InChI=1S/C20H24N2O3/c1-4-24-18-10-8-16(9-11-18)22-20(23)13-21-17-6-5-7-19(12-17)25-14-15(2)3/h5-12,21H,2,4,13-14H2,1,3H3,(H,22,23). The van der Waals surface area contributed by atoms with Gasteiger partial charge in [0.2, 0.25) is 5.91 Å². The molecule has 1 amide bonds. The summed E-state index contributed by atoms with van der Waals surface area (Å²) < 4.78 is 11.0. The van der Waals surface area contributed by atoms with Crippen LogP contribution in [0.25, 0.3) is 0 Å². The first-order valence-electron chi connectivity index (χ1n) is 8.20. The van der Waals surface area contributed by atoms with Gasteiger partial charge < -0.3 is 20.1 Å². The lowest BCUT2D eigenvalue weighted by Crippen LogP contribution is -2.21. The molecule has 2 aromatic rings. The van der Waals surface area contributed by atoms with Crippen LogP contribution in [-0.4, -0.2) is 25.7 Å². The highest BCUT2D eigenvalue weighted by Gasteiger charge is 2.04. The number of ether oxygens (including phenoxy) is 2. The van der Waals surface area contributed by atoms with E-state index in [0.717, 1.165) is 28.4 Å². The molecule has 2 aromatic carbocycles. The van der Waals surface area contributed by atoms with Crippen molar-refractivity contribution in [2.45, 2.75) is 13.8 Å². The molecule has 2 N–H and O–H groups in total. The lowest BCUT2D eigenvalue weighted by Gasteiger charge is -2.10. The van der Waals surface area contributed by atoms with Crippen molar-refractivity contribution < 1.29 is 14.3 Å². The van der Waals surface area contributed by atoms with Gasteiger partial charge in [-0.15, -0.1) is 0 Å². The van der Waals surface area contributed by atoms with E-state index in [1.165, 1.54) is 0 Å². The van der Waals surface area contributed by atoms with Crippen LogP contribution in [0.4, 0.5) is 11.4 Å². The minimum atomic E-state index is -0.127. The number of hydrogen-bond donors (Lipinski definition) is 2. The lowest BCUT2D eigenvalue weighted by atomic mass is 10.3. The number of carbonyl (C=O) groups is 1. The number of hydrogen-bond acceptors (Lipinski definition) is 4. The molecule has 0 heterocycles. The highest BCUT2D eigenvalue weighted by Crippen LogP contribution is 2.18. The molecule has 0 aliphatic rings. The summed E-state index contributed by atoms with van der Waals surface area (Å²) >= 11 is 0. The van der Waals surface area contributed by atoms with E-state index in [9.17, 15) is 4.79 Å². The van der Waals surface area contributed by atoms with Gasteiger partial charge in [-0.05, 0) is 55.8 Å². The summed E-state index contributed by atoms with van der Waals surface area (Å²) in [6.07, 6.45) is 0. The Morgan fingerprint density at radius 2 is 1.80 bits per heavy atom. The van der Waals surface area contributed by atoms with Crippen LogP contribution in [0.1, 0.15) is 13.8 Å². The van der Waals surface area contributed by atoms with Crippen molar-refractivity contribution in [3.05, 3.63) is 60.7 Å². The molecule has 0 atom stereocenters. The predicted molar refractivity (Wildman–Crippen MR) is 101 cm³/mol. The van der Waals surface area contributed by atoms with E-state index in [2.05, 4.69) is 17.2 Å². The third kappa shape index (κ3) is 6.59. The molecule has 0 unspecified atom stereocenters. The van der Waals surface area contributed by atoms with Gasteiger partial charge in [-0.1, -0.05) is 12.6 Å². The zero-order chi connectivity index (χ0) is 18.1. The normalized spacial score (nSPS) is 10.0. The molecule has 0 spiro atoms. The summed E-state index contributed by atoms with van der Waals surface area (Å²) in [4.78, 5) is 12.0. The van der Waals surface area contributed by atoms with Crippen LogP contribution >= 0.6 is 0 Å². The Bertz CT molecular complexity index is 711. The van der Waals surface area contributed by atoms with E-state index in [1.54, 1.807) is 0 Å². The third-order valence-corrected chi connectivity index (χ3v) is 3.22. The van der Waals surface area contributed by atoms with Crippen molar-refractivity contribution >= 4 is 17.3 Å². The van der Waals surface area contributed by atoms with E-state index >= 15 is 0 Å². The second kappa shape index (κ2) is 9.37. The first-order chi connectivity index (χ1) is 12.1. The first-order valence-corrected chi connectivity index (χ1v) is 8.20. The SMILES string of the molecule is C=C(C)COc1cccc(NCC(=O)Nc2ccc(OCC)cc2)c1. The molecule has 5 nitrogen and oxygen atoms in total. The van der Waals surface area contributed by atoms with E-state index in [-0.39, 0.29) is 12.5 Å². The first kappa shape index (κ1) is 18.4. The van der Waals surface area contributed by atoms with Gasteiger partial charge in [0.25, 0.3) is 0 Å². The smallest absolute Gasteiger partial charge is 0.243 e. The quantitative estimate of drug-likeness (QED) is 0.675. The van der Waals surface area contributed by atoms with E-state index in [4.69, 9.17) is 9.47 Å². The molecule has 0 saturated carbocycles. The molecule has 0 radical (unpaired) electrons. The average molecular weight is 340 g/mol. The molecule has 0 aliphatic heterocycles. The molecule has 0 aliphatic carbocycles. The summed E-state index contributed by atoms with van der Waals surface area (Å²) in [6, 6.07) is 14.8. The van der Waals surface area contributed by atoms with Crippen LogP contribution in [-0.2, 0) is 4.79 Å². The van der Waals surface area contributed by atoms with Crippen molar-refractivity contribution in [3.8, 4) is 11.5 Å². The molecule has 132 valence electrons. The second-order valence-electron chi connectivity index (χ2n) is 5.63. The van der Waals surface area contributed by atoms with Gasteiger partial charge in [0.1, 0.15) is 18.1 Å². The van der Waals surface area contributed by atoms with Crippen LogP contribution in [0.15, 0.2) is 60.7 Å². The van der Waals surface area contributed by atoms with E-state index < -0.39 is 0 Å². The summed E-state index contributed by atoms with van der Waals surface area (Å²) in [6.45, 7) is 8.90. The Labute approximate surface area is 148 Å². The zero-order valence-electron chi connectivity index (χ0n) is 14.7. The molecule has 0 fully saturated rings. The second-order valence-corrected chi connectivity index (χ2v) is 5.63. The Kier molecular flexibility index (Phi) is 6.89. The number of amides is 1. The molecular formula is C20H24N2O3. The fraction of sp³-hybridized carbons (Fsp3) is 0.250. The molecule has 2 rings (SSSR count). The topological polar surface area (TPSA) is 59.6 Å². The molecule has 0 saturated heterocycles. The highest BCUT2D eigenvalue weighted by molar-refractivity contribution is 5.93. The van der Waals surface area contributed by atoms with E-state index in [1.807, 2.05) is 62.4 Å². The van der Waals surface area contributed by atoms with Crippen molar-refractivity contribution in [3.63, 3.8) is 0 Å². The maximum atomic E-state index is 12.0. The molecular weight excluding hydrogens is 316 g/mol. The number of anilines is 2. The maximum absolute atomic E-state index is 12.0. The third-order valence-electron chi connectivity index (χ3n) is 3.22. The minimum Gasteiger partial charge on any atom is -0.494 e. The van der Waals surface area contributed by atoms with Gasteiger partial charge in [-0.25, -0.2) is 0 Å². The van der Waals surface area contributed by atoms with Crippen LogP contribution in [0.3, 0.4) is 0 Å². The number of rotatable bonds is 9. The maximum Gasteiger partial charge on any atom is 0.243 e. The van der Waals surface area contributed by atoms with Gasteiger partial charge in [-0.2, -0.15) is 0 Å². The summed E-state index contributed by atoms with van der Waals surface area (Å²) in [5.41, 5.74) is 2.50. The fourth-order valence-corrected chi connectivity index (χ4v) is 2.09. The summed E-state index contributed by atoms with van der Waals surface area (Å²) in [5, 5.41) is 5.92. The Balaban J connectivity index is 1.83. The summed E-state index contributed by atoms with van der Waals surface area (Å²) in [7, 11) is 0. The van der Waals surface area contributed by atoms with E-state index in [0.29, 0.717) is 13.2 Å². The predicted octanol–water partition coefficient (Wildman–Crippen LogP) is 4.09. The summed E-state index contributed by atoms with van der Waals surface area (Å²) in [5.74, 6) is 1.39. The van der Waals surface area contributed by atoms with Crippen LogP contribution in [0.5, 0.6) is 11.5 Å². The van der Waals surface area contributed by atoms with Crippen LogP contribution in [0, 0.1) is 0 Å². The molecule has 0 bridgehead atoms. The Morgan fingerprint density at radius 1 is 1.04 bits per heavy atom. The Morgan fingerprint density at radius 3 is 2.48 bits per heavy atom. The van der Waals surface area contributed by atoms with Crippen molar-refractivity contribution in [2.24, 2.45) is 0 Å². The number of benzene rings is 2. The van der Waals surface area contributed by atoms with Gasteiger partial charge in [0.15, 0.2) is 0 Å². The number of nitrogens with one attached hydrogen (secondary N) is 2. The molecule has 5 heteroatoms. The average Bonchev–Trinajstić information content (AvgIpc) is 2.60. The monoisotopic (exact) mass is 340 g/mol. The van der Waals surface area contributed by atoms with Gasteiger partial charge in [0, 0.05) is 17.4 Å². The molecule has 25 heavy (non-hydrogen) atoms. The van der Waals surface area contributed by atoms with Crippen LogP contribution < -0.4 is 20.1 Å². The lowest BCUT2D eigenvalue weighted by molar-refractivity contribution is -0.114. The minimum absolute atomic E-state index is 0.127. The molecule has 0 aromatic heterocycles. The Hall–Kier alpha value is -2.95. The van der Waals surface area contributed by atoms with Gasteiger partial charge >= 0.3 is 0 Å². The van der Waals surface area contributed by atoms with Crippen molar-refractivity contribution in [2.75, 3.05) is 30.4 Å². The number of carbonyl (C=O) groups excluding carboxylic acids is 1. The van der Waals surface area contributed by atoms with Crippen LogP contribution in [0.2, 0.25) is 0 Å². The fourth-order valence-electron chi connectivity index (χ4n) is 2.09. The van der Waals surface area contributed by atoms with Crippen molar-refractivity contribution in [1.82, 2.24) is 0 Å². The van der Waals surface area contributed by atoms with Gasteiger partial charge in [-0.3, -0.25) is 4.79 Å². The highest BCUT2D eigenvalue weighted by atomic mass is 16.5.